The second kappa shape index (κ2) is 7.69. The van der Waals surface area contributed by atoms with Crippen molar-refractivity contribution in [3.8, 4) is 17.6 Å². The van der Waals surface area contributed by atoms with E-state index in [1.165, 1.54) is 18.2 Å². The SMILES string of the molecule is N#CCCc1cc(Oc2c(Cl)cc(C(F)(F)F)c(F)c2Cl)ccc1Cl. The minimum Gasteiger partial charge on any atom is -0.454 e. The first-order valence-electron chi connectivity index (χ1n) is 6.73. The van der Waals surface area contributed by atoms with E-state index in [1.807, 2.05) is 6.07 Å². The van der Waals surface area contributed by atoms with Crippen LogP contribution in [0.1, 0.15) is 17.5 Å². The van der Waals surface area contributed by atoms with Crippen LogP contribution in [0.4, 0.5) is 17.6 Å². The molecule has 0 aromatic heterocycles. The van der Waals surface area contributed by atoms with Gasteiger partial charge in [-0.1, -0.05) is 34.8 Å². The topological polar surface area (TPSA) is 33.0 Å². The van der Waals surface area contributed by atoms with Crippen LogP contribution in [-0.2, 0) is 12.6 Å². The van der Waals surface area contributed by atoms with Crippen molar-refractivity contribution in [2.75, 3.05) is 0 Å². The monoisotopic (exact) mass is 411 g/mol. The average Bonchev–Trinajstić information content (AvgIpc) is 2.54. The van der Waals surface area contributed by atoms with Crippen molar-refractivity contribution >= 4 is 34.8 Å². The fourth-order valence-corrected chi connectivity index (χ4v) is 2.74. The normalized spacial score (nSPS) is 11.3. The average molecular weight is 413 g/mol. The van der Waals surface area contributed by atoms with Crippen LogP contribution in [0.5, 0.6) is 11.5 Å². The zero-order valence-electron chi connectivity index (χ0n) is 12.2. The van der Waals surface area contributed by atoms with E-state index in [9.17, 15) is 17.6 Å². The summed E-state index contributed by atoms with van der Waals surface area (Å²) < 4.78 is 57.5. The molecule has 0 radical (unpaired) electrons. The highest BCUT2D eigenvalue weighted by molar-refractivity contribution is 6.37. The van der Waals surface area contributed by atoms with Gasteiger partial charge in [0.15, 0.2) is 11.6 Å². The molecular weight excluding hydrogens is 405 g/mol. The zero-order valence-corrected chi connectivity index (χ0v) is 14.5. The van der Waals surface area contributed by atoms with Crippen LogP contribution in [0.3, 0.4) is 0 Å². The Balaban J connectivity index is 2.42. The van der Waals surface area contributed by atoms with Gasteiger partial charge in [0.25, 0.3) is 0 Å². The molecule has 0 heterocycles. The van der Waals surface area contributed by atoms with Crippen molar-refractivity contribution in [2.24, 2.45) is 0 Å². The number of nitriles is 1. The van der Waals surface area contributed by atoms with E-state index in [-0.39, 0.29) is 12.2 Å². The van der Waals surface area contributed by atoms with E-state index < -0.39 is 33.4 Å². The third-order valence-electron chi connectivity index (χ3n) is 3.17. The van der Waals surface area contributed by atoms with Crippen molar-refractivity contribution in [3.05, 3.63) is 56.3 Å². The Bertz CT molecular complexity index is 847. The van der Waals surface area contributed by atoms with Crippen LogP contribution in [0.2, 0.25) is 15.1 Å². The molecule has 0 aliphatic rings. The van der Waals surface area contributed by atoms with Crippen molar-refractivity contribution in [3.63, 3.8) is 0 Å². The minimum atomic E-state index is -4.94. The molecule has 0 N–H and O–H groups in total. The molecule has 132 valence electrons. The van der Waals surface area contributed by atoms with E-state index in [1.54, 1.807) is 0 Å². The molecule has 0 saturated heterocycles. The summed E-state index contributed by atoms with van der Waals surface area (Å²) in [6, 6.07) is 6.74. The van der Waals surface area contributed by atoms with Gasteiger partial charge in [-0.2, -0.15) is 18.4 Å². The maximum absolute atomic E-state index is 13.9. The molecule has 0 saturated carbocycles. The lowest BCUT2D eigenvalue weighted by molar-refractivity contribution is -0.140. The Morgan fingerprint density at radius 3 is 2.36 bits per heavy atom. The summed E-state index contributed by atoms with van der Waals surface area (Å²) in [5.41, 5.74) is -0.999. The Labute approximate surface area is 155 Å². The molecular formula is C16H8Cl3F4NO. The van der Waals surface area contributed by atoms with Gasteiger partial charge < -0.3 is 4.74 Å². The fraction of sp³-hybridized carbons (Fsp3) is 0.188. The molecule has 0 aliphatic carbocycles. The van der Waals surface area contributed by atoms with Crippen molar-refractivity contribution in [1.29, 1.82) is 5.26 Å². The van der Waals surface area contributed by atoms with Crippen LogP contribution in [0, 0.1) is 17.1 Å². The third-order valence-corrected chi connectivity index (χ3v) is 4.15. The number of benzene rings is 2. The predicted molar refractivity (Wildman–Crippen MR) is 86.9 cm³/mol. The standard InChI is InChI=1S/C16H8Cl3F4NO/c17-11-4-3-9(6-8(11)2-1-5-24)25-15-12(18)7-10(16(21,22)23)14(20)13(15)19/h3-4,6-7H,1-2H2. The second-order valence-corrected chi connectivity index (χ2v) is 6.07. The molecule has 0 fully saturated rings. The molecule has 2 rings (SSSR count). The first-order valence-corrected chi connectivity index (χ1v) is 7.86. The van der Waals surface area contributed by atoms with Gasteiger partial charge in [-0.15, -0.1) is 0 Å². The molecule has 0 atom stereocenters. The summed E-state index contributed by atoms with van der Waals surface area (Å²) in [5, 5.41) is 7.64. The summed E-state index contributed by atoms with van der Waals surface area (Å²) in [5.74, 6) is -1.98. The number of rotatable bonds is 4. The smallest absolute Gasteiger partial charge is 0.419 e. The van der Waals surface area contributed by atoms with Crippen LogP contribution >= 0.6 is 34.8 Å². The molecule has 25 heavy (non-hydrogen) atoms. The number of hydrogen-bond donors (Lipinski definition) is 0. The highest BCUT2D eigenvalue weighted by atomic mass is 35.5. The van der Waals surface area contributed by atoms with Gasteiger partial charge in [-0.3, -0.25) is 0 Å². The quantitative estimate of drug-likeness (QED) is 0.398. The number of aryl methyl sites for hydroxylation is 1. The number of hydrogen-bond acceptors (Lipinski definition) is 2. The summed E-state index contributed by atoms with van der Waals surface area (Å²) >= 11 is 17.4. The van der Waals surface area contributed by atoms with Crippen molar-refractivity contribution < 1.29 is 22.3 Å². The summed E-state index contributed by atoms with van der Waals surface area (Å²) in [7, 11) is 0. The molecule has 0 amide bonds. The van der Waals surface area contributed by atoms with Crippen LogP contribution < -0.4 is 4.74 Å². The fourth-order valence-electron chi connectivity index (χ4n) is 1.99. The van der Waals surface area contributed by atoms with Gasteiger partial charge in [-0.05, 0) is 36.2 Å². The molecule has 2 nitrogen and oxygen atoms in total. The number of alkyl halides is 3. The van der Waals surface area contributed by atoms with Crippen LogP contribution in [0.25, 0.3) is 0 Å². The molecule has 2 aromatic carbocycles. The zero-order chi connectivity index (χ0) is 18.8. The van der Waals surface area contributed by atoms with E-state index in [0.717, 1.165) is 0 Å². The second-order valence-electron chi connectivity index (χ2n) is 4.87. The van der Waals surface area contributed by atoms with Crippen LogP contribution in [-0.4, -0.2) is 0 Å². The Morgan fingerprint density at radius 2 is 1.76 bits per heavy atom. The summed E-state index contributed by atoms with van der Waals surface area (Å²) in [4.78, 5) is 0. The van der Waals surface area contributed by atoms with Gasteiger partial charge in [-0.25, -0.2) is 4.39 Å². The predicted octanol–water partition coefficient (Wildman–Crippen LogP) is 7.05. The number of halogens is 7. The van der Waals surface area contributed by atoms with E-state index in [4.69, 9.17) is 44.8 Å². The summed E-state index contributed by atoms with van der Waals surface area (Å²) in [6.45, 7) is 0. The highest BCUT2D eigenvalue weighted by Crippen LogP contribution is 2.44. The first kappa shape index (κ1) is 19.6. The molecule has 0 bridgehead atoms. The molecule has 0 aliphatic heterocycles. The highest BCUT2D eigenvalue weighted by Gasteiger charge is 2.37. The lowest BCUT2D eigenvalue weighted by Gasteiger charge is -2.15. The Hall–Kier alpha value is -1.68. The van der Waals surface area contributed by atoms with E-state index in [0.29, 0.717) is 23.1 Å². The Morgan fingerprint density at radius 1 is 1.08 bits per heavy atom. The molecule has 0 unspecified atom stereocenters. The lowest BCUT2D eigenvalue weighted by atomic mass is 10.1. The molecule has 2 aromatic rings. The third kappa shape index (κ3) is 4.49. The maximum Gasteiger partial charge on any atom is 0.419 e. The molecule has 0 spiro atoms. The molecule has 9 heteroatoms. The van der Waals surface area contributed by atoms with Gasteiger partial charge in [0, 0.05) is 11.4 Å². The largest absolute Gasteiger partial charge is 0.454 e. The van der Waals surface area contributed by atoms with Gasteiger partial charge in [0.1, 0.15) is 10.8 Å². The van der Waals surface area contributed by atoms with Gasteiger partial charge >= 0.3 is 6.18 Å². The Kier molecular flexibility index (Phi) is 6.04. The van der Waals surface area contributed by atoms with Crippen LogP contribution in [0.15, 0.2) is 24.3 Å². The van der Waals surface area contributed by atoms with Crippen molar-refractivity contribution in [1.82, 2.24) is 0 Å². The van der Waals surface area contributed by atoms with E-state index in [2.05, 4.69) is 0 Å². The van der Waals surface area contributed by atoms with Gasteiger partial charge in [0.2, 0.25) is 0 Å². The number of nitrogens with zero attached hydrogens (tertiary/aromatic N) is 1. The maximum atomic E-state index is 13.9. The number of ether oxygens (including phenoxy) is 1. The summed E-state index contributed by atoms with van der Waals surface area (Å²) in [6.07, 6.45) is -4.39. The minimum absolute atomic E-state index is 0.139. The first-order chi connectivity index (χ1) is 11.6. The lowest BCUT2D eigenvalue weighted by Crippen LogP contribution is -2.09. The van der Waals surface area contributed by atoms with Gasteiger partial charge in [0.05, 0.1) is 16.7 Å². The van der Waals surface area contributed by atoms with Crippen molar-refractivity contribution in [2.45, 2.75) is 19.0 Å². The van der Waals surface area contributed by atoms with E-state index >= 15 is 0 Å².